The van der Waals surface area contributed by atoms with Gasteiger partial charge in [0.2, 0.25) is 11.8 Å². The van der Waals surface area contributed by atoms with Crippen LogP contribution in [0.15, 0.2) is 0 Å². The van der Waals surface area contributed by atoms with Gasteiger partial charge in [0.15, 0.2) is 0 Å². The molecule has 8 nitrogen and oxygen atoms in total. The summed E-state index contributed by atoms with van der Waals surface area (Å²) in [5.74, 6) is -2.45. The van der Waals surface area contributed by atoms with E-state index >= 15 is 0 Å². The lowest BCUT2D eigenvalue weighted by Gasteiger charge is -2.33. The van der Waals surface area contributed by atoms with Gasteiger partial charge in [-0.2, -0.15) is 0 Å². The van der Waals surface area contributed by atoms with Crippen LogP contribution >= 0.6 is 0 Å². The van der Waals surface area contributed by atoms with Gasteiger partial charge in [-0.15, -0.1) is 0 Å². The number of β-amino-alcohol motifs (C(OH)–C–C–N with tert-alkyl or cyclic N) is 1. The van der Waals surface area contributed by atoms with Crippen molar-refractivity contribution in [3.8, 4) is 0 Å². The summed E-state index contributed by atoms with van der Waals surface area (Å²) < 4.78 is 11.8. The molecule has 1 spiro atoms. The average molecular weight is 396 g/mol. The number of hydrogen-bond acceptors (Lipinski definition) is 6. The summed E-state index contributed by atoms with van der Waals surface area (Å²) >= 11 is 0. The quantitative estimate of drug-likeness (QED) is 0.437. The minimum Gasteiger partial charge on any atom is -0.466 e. The SMILES string of the molecule is CCCCNC(=O)C1N(CCO)C(=O)[C@@H]2[C@H](C(=O)OCC)[C@]3(CC)CCC12O3. The number of hydrogen-bond donors (Lipinski definition) is 2. The molecule has 3 aliphatic heterocycles. The van der Waals surface area contributed by atoms with Crippen molar-refractivity contribution in [1.29, 1.82) is 0 Å². The third kappa shape index (κ3) is 2.92. The van der Waals surface area contributed by atoms with Crippen LogP contribution in [0, 0.1) is 11.8 Å². The first-order valence-electron chi connectivity index (χ1n) is 10.5. The highest BCUT2D eigenvalue weighted by molar-refractivity contribution is 5.98. The number of aliphatic hydroxyl groups excluding tert-OH is 1. The molecule has 3 heterocycles. The van der Waals surface area contributed by atoms with E-state index < -0.39 is 35.0 Å². The molecule has 5 atom stereocenters. The van der Waals surface area contributed by atoms with Crippen molar-refractivity contribution in [3.05, 3.63) is 0 Å². The van der Waals surface area contributed by atoms with Crippen LogP contribution in [-0.2, 0) is 23.9 Å². The second kappa shape index (κ2) is 7.99. The van der Waals surface area contributed by atoms with Crippen LogP contribution in [-0.4, -0.2) is 71.3 Å². The molecule has 28 heavy (non-hydrogen) atoms. The summed E-state index contributed by atoms with van der Waals surface area (Å²) in [6.07, 6.45) is 3.52. The Labute approximate surface area is 165 Å². The first-order valence-corrected chi connectivity index (χ1v) is 10.5. The molecule has 0 aromatic rings. The Bertz CT molecular complexity index is 640. The van der Waals surface area contributed by atoms with Gasteiger partial charge >= 0.3 is 5.97 Å². The zero-order chi connectivity index (χ0) is 20.5. The first kappa shape index (κ1) is 21.0. The number of aliphatic hydroxyl groups is 1. The first-order chi connectivity index (χ1) is 13.4. The molecule has 8 heteroatoms. The summed E-state index contributed by atoms with van der Waals surface area (Å²) in [4.78, 5) is 40.6. The van der Waals surface area contributed by atoms with E-state index in [9.17, 15) is 19.5 Å². The summed E-state index contributed by atoms with van der Waals surface area (Å²) in [7, 11) is 0. The Kier molecular flexibility index (Phi) is 6.00. The van der Waals surface area contributed by atoms with Gasteiger partial charge in [0, 0.05) is 13.1 Å². The number of esters is 1. The van der Waals surface area contributed by atoms with E-state index in [0.717, 1.165) is 12.8 Å². The average Bonchev–Trinajstić information content (AvgIpc) is 3.27. The van der Waals surface area contributed by atoms with E-state index in [1.807, 2.05) is 13.8 Å². The minimum atomic E-state index is -1.03. The van der Waals surface area contributed by atoms with Crippen LogP contribution in [0.4, 0.5) is 0 Å². The smallest absolute Gasteiger partial charge is 0.312 e. The van der Waals surface area contributed by atoms with Crippen molar-refractivity contribution in [3.63, 3.8) is 0 Å². The topological polar surface area (TPSA) is 105 Å². The zero-order valence-corrected chi connectivity index (χ0v) is 17.0. The normalized spacial score (nSPS) is 35.9. The number of rotatable bonds is 9. The number of likely N-dealkylation sites (tertiary alicyclic amines) is 1. The molecule has 2 unspecified atom stereocenters. The van der Waals surface area contributed by atoms with Crippen LogP contribution in [0.3, 0.4) is 0 Å². The van der Waals surface area contributed by atoms with Crippen molar-refractivity contribution in [2.45, 2.75) is 70.1 Å². The van der Waals surface area contributed by atoms with E-state index in [0.29, 0.717) is 25.8 Å². The van der Waals surface area contributed by atoms with Gasteiger partial charge in [0.25, 0.3) is 0 Å². The molecule has 0 aromatic carbocycles. The molecule has 158 valence electrons. The standard InChI is InChI=1S/C20H32N2O6/c1-4-7-10-21-16(24)15-20-9-8-19(5-2,28-20)14(18(26)27-6-3)13(20)17(25)22(15)11-12-23/h13-15,23H,4-12H2,1-3H3,(H,21,24)/t13-,14+,15?,19-,20?/m0/s1. The van der Waals surface area contributed by atoms with E-state index in [4.69, 9.17) is 9.47 Å². The Morgan fingerprint density at radius 3 is 2.68 bits per heavy atom. The largest absolute Gasteiger partial charge is 0.466 e. The van der Waals surface area contributed by atoms with Crippen molar-refractivity contribution >= 4 is 17.8 Å². The van der Waals surface area contributed by atoms with E-state index in [-0.39, 0.29) is 31.6 Å². The van der Waals surface area contributed by atoms with Crippen LogP contribution in [0.2, 0.25) is 0 Å². The highest BCUT2D eigenvalue weighted by Crippen LogP contribution is 2.64. The van der Waals surface area contributed by atoms with Gasteiger partial charge in [-0.25, -0.2) is 0 Å². The van der Waals surface area contributed by atoms with Gasteiger partial charge in [-0.05, 0) is 32.6 Å². The molecule has 0 aliphatic carbocycles. The van der Waals surface area contributed by atoms with Gasteiger partial charge < -0.3 is 24.8 Å². The number of nitrogens with zero attached hydrogens (tertiary/aromatic N) is 1. The summed E-state index contributed by atoms with van der Waals surface area (Å²) in [5.41, 5.74) is -1.80. The molecular formula is C20H32N2O6. The maximum atomic E-state index is 13.3. The Morgan fingerprint density at radius 2 is 2.07 bits per heavy atom. The number of carbonyl (C=O) groups excluding carboxylic acids is 3. The Hall–Kier alpha value is -1.67. The third-order valence-corrected chi connectivity index (χ3v) is 6.64. The predicted octanol–water partition coefficient (Wildman–Crippen LogP) is 0.613. The fourth-order valence-electron chi connectivity index (χ4n) is 5.44. The lowest BCUT2D eigenvalue weighted by Crippen LogP contribution is -2.55. The maximum Gasteiger partial charge on any atom is 0.312 e. The second-order valence-electron chi connectivity index (χ2n) is 7.99. The van der Waals surface area contributed by atoms with E-state index in [1.165, 1.54) is 4.90 Å². The van der Waals surface area contributed by atoms with Gasteiger partial charge in [-0.3, -0.25) is 14.4 Å². The fraction of sp³-hybridized carbons (Fsp3) is 0.850. The van der Waals surface area contributed by atoms with Crippen LogP contribution in [0.25, 0.3) is 0 Å². The molecule has 0 aromatic heterocycles. The van der Waals surface area contributed by atoms with Crippen molar-refractivity contribution in [2.75, 3.05) is 26.3 Å². The molecule has 0 saturated carbocycles. The lowest BCUT2D eigenvalue weighted by atomic mass is 9.65. The monoisotopic (exact) mass is 396 g/mol. The molecular weight excluding hydrogens is 364 g/mol. The van der Waals surface area contributed by atoms with Crippen molar-refractivity contribution in [1.82, 2.24) is 10.2 Å². The number of nitrogens with one attached hydrogen (secondary N) is 1. The second-order valence-corrected chi connectivity index (χ2v) is 7.99. The number of ether oxygens (including phenoxy) is 2. The Morgan fingerprint density at radius 1 is 1.32 bits per heavy atom. The number of carbonyl (C=O) groups is 3. The molecule has 3 fully saturated rings. The molecule has 3 rings (SSSR count). The van der Waals surface area contributed by atoms with Gasteiger partial charge in [0.1, 0.15) is 17.6 Å². The molecule has 3 aliphatic rings. The number of amides is 2. The summed E-state index contributed by atoms with van der Waals surface area (Å²) in [6.45, 7) is 6.25. The molecule has 3 saturated heterocycles. The predicted molar refractivity (Wildman–Crippen MR) is 100 cm³/mol. The highest BCUT2D eigenvalue weighted by atomic mass is 16.6. The third-order valence-electron chi connectivity index (χ3n) is 6.64. The zero-order valence-electron chi connectivity index (χ0n) is 17.0. The molecule has 2 bridgehead atoms. The summed E-state index contributed by atoms with van der Waals surface area (Å²) in [5, 5.41) is 12.4. The van der Waals surface area contributed by atoms with Crippen molar-refractivity contribution < 1.29 is 29.0 Å². The highest BCUT2D eigenvalue weighted by Gasteiger charge is 2.78. The van der Waals surface area contributed by atoms with Crippen LogP contribution in [0.1, 0.15) is 52.9 Å². The Balaban J connectivity index is 1.99. The molecule has 2 amide bonds. The van der Waals surface area contributed by atoms with E-state index in [1.54, 1.807) is 6.92 Å². The molecule has 2 N–H and O–H groups in total. The van der Waals surface area contributed by atoms with Crippen LogP contribution in [0.5, 0.6) is 0 Å². The molecule has 0 radical (unpaired) electrons. The van der Waals surface area contributed by atoms with Gasteiger partial charge in [0.05, 0.1) is 24.7 Å². The fourth-order valence-corrected chi connectivity index (χ4v) is 5.44. The summed E-state index contributed by atoms with van der Waals surface area (Å²) in [6, 6.07) is -0.832. The number of fused-ring (bicyclic) bond motifs is 1. The van der Waals surface area contributed by atoms with Gasteiger partial charge in [-0.1, -0.05) is 20.3 Å². The number of unbranched alkanes of at least 4 members (excludes halogenated alkanes) is 1. The van der Waals surface area contributed by atoms with Crippen LogP contribution < -0.4 is 5.32 Å². The maximum absolute atomic E-state index is 13.3. The lowest BCUT2D eigenvalue weighted by molar-refractivity contribution is -0.160. The van der Waals surface area contributed by atoms with E-state index in [2.05, 4.69) is 5.32 Å². The minimum absolute atomic E-state index is 0.0426. The van der Waals surface area contributed by atoms with Crippen molar-refractivity contribution in [2.24, 2.45) is 11.8 Å².